The van der Waals surface area contributed by atoms with Gasteiger partial charge in [-0.3, -0.25) is 9.69 Å². The lowest BCUT2D eigenvalue weighted by molar-refractivity contribution is -0.121. The maximum atomic E-state index is 13.1. The highest BCUT2D eigenvalue weighted by Crippen LogP contribution is 2.31. The Morgan fingerprint density at radius 3 is 2.79 bits per heavy atom. The van der Waals surface area contributed by atoms with Crippen molar-refractivity contribution in [3.05, 3.63) is 53.4 Å². The molecule has 1 aliphatic rings. The van der Waals surface area contributed by atoms with Gasteiger partial charge in [-0.1, -0.05) is 30.3 Å². The number of benzene rings is 2. The normalized spacial score (nSPS) is 16.3. The number of nitrogens with zero attached hydrogens (tertiary/aromatic N) is 3. The summed E-state index contributed by atoms with van der Waals surface area (Å²) in [5.41, 5.74) is 3.99. The van der Waals surface area contributed by atoms with E-state index in [0.29, 0.717) is 36.3 Å². The number of para-hydroxylation sites is 1. The molecule has 1 atom stereocenters. The third kappa shape index (κ3) is 5.22. The molecule has 0 spiro atoms. The van der Waals surface area contributed by atoms with Crippen LogP contribution in [0.3, 0.4) is 0 Å². The Balaban J connectivity index is 1.40. The zero-order valence-corrected chi connectivity index (χ0v) is 20.3. The molecule has 8 nitrogen and oxygen atoms in total. The monoisotopic (exact) mass is 464 g/mol. The summed E-state index contributed by atoms with van der Waals surface area (Å²) < 4.78 is 16.2. The molecule has 8 heteroatoms. The van der Waals surface area contributed by atoms with Gasteiger partial charge in [0.1, 0.15) is 0 Å². The molecule has 1 aliphatic heterocycles. The first-order valence-corrected chi connectivity index (χ1v) is 11.7. The minimum atomic E-state index is -0.0775. The topological polar surface area (TPSA) is 89.7 Å². The first-order chi connectivity index (χ1) is 16.5. The van der Waals surface area contributed by atoms with Crippen LogP contribution in [0.1, 0.15) is 36.8 Å². The lowest BCUT2D eigenvalue weighted by atomic mass is 9.96. The first kappa shape index (κ1) is 23.8. The van der Waals surface area contributed by atoms with Gasteiger partial charge in [-0.15, -0.1) is 0 Å². The predicted octanol–water partition coefficient (Wildman–Crippen LogP) is 4.48. The van der Waals surface area contributed by atoms with Crippen molar-refractivity contribution in [1.82, 2.24) is 15.0 Å². The fourth-order valence-electron chi connectivity index (χ4n) is 4.44. The van der Waals surface area contributed by atoms with Gasteiger partial charge in [-0.2, -0.15) is 4.98 Å². The standard InChI is InChI=1S/C26H32N4O4/c1-5-18-9-6-8-17(2)24(18)28-26(31)20-10-7-13-30(15-20)16-23-27-25(29-34-23)19-11-12-21(32-3)22(14-19)33-4/h6,8-9,11-12,14,20H,5,7,10,13,15-16H2,1-4H3,(H,28,31). The molecule has 1 aromatic heterocycles. The van der Waals surface area contributed by atoms with Crippen LogP contribution in [0.15, 0.2) is 40.9 Å². The van der Waals surface area contributed by atoms with Crippen LogP contribution in [-0.2, 0) is 17.8 Å². The molecule has 0 aliphatic carbocycles. The van der Waals surface area contributed by atoms with Crippen molar-refractivity contribution >= 4 is 11.6 Å². The molecule has 1 unspecified atom stereocenters. The second kappa shape index (κ2) is 10.7. The van der Waals surface area contributed by atoms with Crippen LogP contribution in [0.25, 0.3) is 11.4 Å². The SMILES string of the molecule is CCc1cccc(C)c1NC(=O)C1CCCN(Cc2nc(-c3ccc(OC)c(OC)c3)no2)C1. The number of methoxy groups -OCH3 is 2. The maximum Gasteiger partial charge on any atom is 0.241 e. The molecule has 0 radical (unpaired) electrons. The van der Waals surface area contributed by atoms with Gasteiger partial charge in [0.2, 0.25) is 17.6 Å². The first-order valence-electron chi connectivity index (χ1n) is 11.7. The molecule has 2 heterocycles. The van der Waals surface area contributed by atoms with Crippen LogP contribution >= 0.6 is 0 Å². The van der Waals surface area contributed by atoms with Gasteiger partial charge < -0.3 is 19.3 Å². The lowest BCUT2D eigenvalue weighted by Crippen LogP contribution is -2.40. The molecule has 180 valence electrons. The third-order valence-electron chi connectivity index (χ3n) is 6.33. The van der Waals surface area contributed by atoms with E-state index >= 15 is 0 Å². The summed E-state index contributed by atoms with van der Waals surface area (Å²) in [6, 6.07) is 11.6. The average molecular weight is 465 g/mol. The Hall–Kier alpha value is -3.39. The van der Waals surface area contributed by atoms with Crippen molar-refractivity contribution in [3.63, 3.8) is 0 Å². The summed E-state index contributed by atoms with van der Waals surface area (Å²) in [5, 5.41) is 7.32. The van der Waals surface area contributed by atoms with E-state index in [2.05, 4.69) is 33.3 Å². The number of likely N-dealkylation sites (tertiary alicyclic amines) is 1. The van der Waals surface area contributed by atoms with E-state index in [4.69, 9.17) is 14.0 Å². The molecular formula is C26H32N4O4. The van der Waals surface area contributed by atoms with Crippen LogP contribution in [0, 0.1) is 12.8 Å². The zero-order valence-electron chi connectivity index (χ0n) is 20.3. The van der Waals surface area contributed by atoms with Crippen molar-refractivity contribution in [1.29, 1.82) is 0 Å². The second-order valence-electron chi connectivity index (χ2n) is 8.61. The summed E-state index contributed by atoms with van der Waals surface area (Å²) in [6.45, 7) is 6.20. The minimum absolute atomic E-state index is 0.0743. The predicted molar refractivity (Wildman–Crippen MR) is 130 cm³/mol. The quantitative estimate of drug-likeness (QED) is 0.526. The average Bonchev–Trinajstić information content (AvgIpc) is 3.33. The van der Waals surface area contributed by atoms with Crippen molar-refractivity contribution in [2.75, 3.05) is 32.6 Å². The molecule has 2 aromatic carbocycles. The van der Waals surface area contributed by atoms with Gasteiger partial charge in [0, 0.05) is 17.8 Å². The van der Waals surface area contributed by atoms with E-state index in [-0.39, 0.29) is 11.8 Å². The number of anilines is 1. The van der Waals surface area contributed by atoms with E-state index in [1.165, 1.54) is 0 Å². The summed E-state index contributed by atoms with van der Waals surface area (Å²) in [7, 11) is 3.19. The van der Waals surface area contributed by atoms with Gasteiger partial charge in [0.25, 0.3) is 0 Å². The fourth-order valence-corrected chi connectivity index (χ4v) is 4.44. The maximum absolute atomic E-state index is 13.1. The number of rotatable bonds is 8. The van der Waals surface area contributed by atoms with E-state index in [9.17, 15) is 4.79 Å². The summed E-state index contributed by atoms with van der Waals surface area (Å²) >= 11 is 0. The van der Waals surface area contributed by atoms with Crippen LogP contribution in [0.2, 0.25) is 0 Å². The Morgan fingerprint density at radius 2 is 2.03 bits per heavy atom. The molecule has 34 heavy (non-hydrogen) atoms. The van der Waals surface area contributed by atoms with Crippen LogP contribution < -0.4 is 14.8 Å². The van der Waals surface area contributed by atoms with Crippen LogP contribution in [0.5, 0.6) is 11.5 Å². The number of carbonyl (C=O) groups is 1. The summed E-state index contributed by atoms with van der Waals surface area (Å²) in [4.78, 5) is 19.8. The van der Waals surface area contributed by atoms with Crippen molar-refractivity contribution in [3.8, 4) is 22.9 Å². The number of nitrogens with one attached hydrogen (secondary N) is 1. The van der Waals surface area contributed by atoms with Crippen LogP contribution in [0.4, 0.5) is 5.69 Å². The number of aromatic nitrogens is 2. The summed E-state index contributed by atoms with van der Waals surface area (Å²) in [5.74, 6) is 2.27. The van der Waals surface area contributed by atoms with E-state index in [0.717, 1.165) is 48.2 Å². The van der Waals surface area contributed by atoms with E-state index in [1.54, 1.807) is 14.2 Å². The number of hydrogen-bond donors (Lipinski definition) is 1. The smallest absolute Gasteiger partial charge is 0.241 e. The Morgan fingerprint density at radius 1 is 1.21 bits per heavy atom. The van der Waals surface area contributed by atoms with Gasteiger partial charge in [-0.05, 0) is 62.1 Å². The molecule has 1 amide bonds. The van der Waals surface area contributed by atoms with Gasteiger partial charge in [-0.25, -0.2) is 0 Å². The summed E-state index contributed by atoms with van der Waals surface area (Å²) in [6.07, 6.45) is 2.70. The number of aryl methyl sites for hydroxylation is 2. The number of amides is 1. The van der Waals surface area contributed by atoms with Crippen LogP contribution in [-0.4, -0.2) is 48.3 Å². The second-order valence-corrected chi connectivity index (χ2v) is 8.61. The molecule has 3 aromatic rings. The molecule has 4 rings (SSSR count). The molecule has 0 saturated carbocycles. The number of carbonyl (C=O) groups excluding carboxylic acids is 1. The number of piperidine rings is 1. The molecule has 1 saturated heterocycles. The molecular weight excluding hydrogens is 432 g/mol. The highest BCUT2D eigenvalue weighted by atomic mass is 16.5. The largest absolute Gasteiger partial charge is 0.493 e. The minimum Gasteiger partial charge on any atom is -0.493 e. The zero-order chi connectivity index (χ0) is 24.1. The molecule has 0 bridgehead atoms. The van der Waals surface area contributed by atoms with E-state index < -0.39 is 0 Å². The van der Waals surface area contributed by atoms with Gasteiger partial charge >= 0.3 is 0 Å². The van der Waals surface area contributed by atoms with Crippen molar-refractivity contribution in [2.45, 2.75) is 39.7 Å². The van der Waals surface area contributed by atoms with Crippen molar-refractivity contribution in [2.24, 2.45) is 5.92 Å². The highest BCUT2D eigenvalue weighted by molar-refractivity contribution is 5.94. The van der Waals surface area contributed by atoms with E-state index in [1.807, 2.05) is 37.3 Å². The van der Waals surface area contributed by atoms with Gasteiger partial charge in [0.05, 0.1) is 26.7 Å². The highest BCUT2D eigenvalue weighted by Gasteiger charge is 2.27. The Bertz CT molecular complexity index is 1140. The fraction of sp³-hybridized carbons (Fsp3) is 0.423. The van der Waals surface area contributed by atoms with Crippen molar-refractivity contribution < 1.29 is 18.8 Å². The lowest BCUT2D eigenvalue weighted by Gasteiger charge is -2.31. The molecule has 1 fully saturated rings. The Kier molecular flexibility index (Phi) is 7.47. The Labute approximate surface area is 200 Å². The number of hydrogen-bond acceptors (Lipinski definition) is 7. The molecule has 1 N–H and O–H groups in total. The van der Waals surface area contributed by atoms with Gasteiger partial charge in [0.15, 0.2) is 11.5 Å². The third-order valence-corrected chi connectivity index (χ3v) is 6.33. The number of ether oxygens (including phenoxy) is 2.